The largest absolute Gasteiger partial charge is 0.355 e. The lowest BCUT2D eigenvalue weighted by molar-refractivity contribution is -0.171. The van der Waals surface area contributed by atoms with Gasteiger partial charge in [0.15, 0.2) is 0 Å². The lowest BCUT2D eigenvalue weighted by Crippen LogP contribution is -2.56. The third kappa shape index (κ3) is 2.18. The van der Waals surface area contributed by atoms with E-state index in [2.05, 4.69) is 5.32 Å². The molecular weight excluding hydrogens is 294 g/mol. The van der Waals surface area contributed by atoms with Crippen LogP contribution in [0, 0.1) is 0 Å². The van der Waals surface area contributed by atoms with Gasteiger partial charge in [0.1, 0.15) is 6.04 Å². The number of benzene rings is 1. The molecule has 5 amide bonds. The van der Waals surface area contributed by atoms with E-state index in [1.165, 1.54) is 12.1 Å². The van der Waals surface area contributed by atoms with Crippen LogP contribution in [-0.2, 0) is 14.4 Å². The Labute approximate surface area is 123 Å². The molecule has 1 aromatic carbocycles. The zero-order chi connectivity index (χ0) is 15.9. The van der Waals surface area contributed by atoms with E-state index in [0.717, 1.165) is 0 Å². The normalized spacial score (nSPS) is 20.4. The second kappa shape index (κ2) is 4.95. The number of hydrogen-bond donors (Lipinski definition) is 2. The number of rotatable bonds is 2. The summed E-state index contributed by atoms with van der Waals surface area (Å²) in [6.45, 7) is 0. The topological polar surface area (TPSA) is 122 Å². The van der Waals surface area contributed by atoms with Crippen molar-refractivity contribution < 1.29 is 28.8 Å². The molecule has 0 bridgehead atoms. The summed E-state index contributed by atoms with van der Waals surface area (Å²) in [6, 6.07) is 3.90. The smallest absolute Gasteiger partial charge is 0.327 e. The van der Waals surface area contributed by atoms with Crippen molar-refractivity contribution >= 4 is 29.7 Å². The molecule has 0 unspecified atom stereocenters. The second-order valence-corrected chi connectivity index (χ2v) is 4.64. The fourth-order valence-corrected chi connectivity index (χ4v) is 2.15. The average Bonchev–Trinajstić information content (AvgIpc) is 2.72. The maximum atomic E-state index is 12.0. The van der Waals surface area contributed by atoms with Gasteiger partial charge in [0.2, 0.25) is 5.91 Å². The van der Waals surface area contributed by atoms with E-state index in [1.54, 1.807) is 12.1 Å². The molecule has 0 saturated carbocycles. The monoisotopic (exact) mass is 303 g/mol. The highest BCUT2D eigenvalue weighted by atomic mass is 16.7. The quantitative estimate of drug-likeness (QED) is 0.699. The zero-order valence-corrected chi connectivity index (χ0v) is 11.0. The third-order valence-corrected chi connectivity index (χ3v) is 3.17. The fourth-order valence-electron chi connectivity index (χ4n) is 2.15. The summed E-state index contributed by atoms with van der Waals surface area (Å²) in [5.41, 5.74) is 0.233. The molecule has 112 valence electrons. The fraction of sp³-hybridized carbons (Fsp3) is 0.154. The minimum absolute atomic E-state index is 0.116. The van der Waals surface area contributed by atoms with Crippen molar-refractivity contribution in [1.82, 2.24) is 15.7 Å². The second-order valence-electron chi connectivity index (χ2n) is 4.64. The summed E-state index contributed by atoms with van der Waals surface area (Å²) in [5.74, 6) is -3.29. The molecule has 2 N–H and O–H groups in total. The number of carbonyl (C=O) groups excluding carboxylic acids is 5. The van der Waals surface area contributed by atoms with Gasteiger partial charge in [-0.15, -0.1) is 0 Å². The predicted molar refractivity (Wildman–Crippen MR) is 68.1 cm³/mol. The third-order valence-electron chi connectivity index (χ3n) is 3.17. The van der Waals surface area contributed by atoms with Crippen molar-refractivity contribution in [2.75, 3.05) is 0 Å². The van der Waals surface area contributed by atoms with Crippen LogP contribution in [0.25, 0.3) is 0 Å². The molecule has 0 aliphatic carbocycles. The number of urea groups is 1. The first-order valence-corrected chi connectivity index (χ1v) is 6.27. The van der Waals surface area contributed by atoms with Gasteiger partial charge >= 0.3 is 12.0 Å². The van der Waals surface area contributed by atoms with Crippen LogP contribution in [0.15, 0.2) is 24.3 Å². The Morgan fingerprint density at radius 2 is 1.68 bits per heavy atom. The summed E-state index contributed by atoms with van der Waals surface area (Å²) in [5, 5.41) is 4.45. The van der Waals surface area contributed by atoms with Crippen molar-refractivity contribution in [2.24, 2.45) is 0 Å². The SMILES string of the molecule is O=C1C[C@@H](C(=O)ON2C(=O)c3ccccc3C2=O)NC(=O)N1. The molecule has 0 aromatic heterocycles. The highest BCUT2D eigenvalue weighted by molar-refractivity contribution is 6.21. The summed E-state index contributed by atoms with van der Waals surface area (Å²) in [6.07, 6.45) is -0.340. The van der Waals surface area contributed by atoms with Crippen LogP contribution in [0.5, 0.6) is 0 Å². The number of imide groups is 2. The number of hydrogen-bond acceptors (Lipinski definition) is 6. The molecule has 2 aliphatic heterocycles. The maximum Gasteiger partial charge on any atom is 0.355 e. The summed E-state index contributed by atoms with van der Waals surface area (Å²) >= 11 is 0. The first kappa shape index (κ1) is 13.7. The molecule has 2 heterocycles. The van der Waals surface area contributed by atoms with E-state index in [0.29, 0.717) is 5.06 Å². The number of nitrogens with one attached hydrogen (secondary N) is 2. The predicted octanol–water partition coefficient (Wildman–Crippen LogP) is -0.661. The molecule has 3 rings (SSSR count). The Hall–Kier alpha value is -3.23. The van der Waals surface area contributed by atoms with Crippen molar-refractivity contribution in [2.45, 2.75) is 12.5 Å². The van der Waals surface area contributed by atoms with Crippen LogP contribution in [-0.4, -0.2) is 40.8 Å². The zero-order valence-electron chi connectivity index (χ0n) is 11.0. The number of hydroxylamine groups is 2. The van der Waals surface area contributed by atoms with E-state index in [1.807, 2.05) is 5.32 Å². The molecule has 0 radical (unpaired) electrons. The molecule has 2 aliphatic rings. The van der Waals surface area contributed by atoms with Crippen LogP contribution in [0.1, 0.15) is 27.1 Å². The molecule has 9 nitrogen and oxygen atoms in total. The first-order chi connectivity index (χ1) is 10.5. The Kier molecular flexibility index (Phi) is 3.09. The minimum atomic E-state index is -1.26. The van der Waals surface area contributed by atoms with Gasteiger partial charge in [-0.2, -0.15) is 0 Å². The van der Waals surface area contributed by atoms with Gasteiger partial charge in [0, 0.05) is 0 Å². The van der Waals surface area contributed by atoms with Crippen LogP contribution in [0.2, 0.25) is 0 Å². The Morgan fingerprint density at radius 1 is 1.09 bits per heavy atom. The van der Waals surface area contributed by atoms with Gasteiger partial charge in [-0.25, -0.2) is 9.59 Å². The Balaban J connectivity index is 1.76. The number of carbonyl (C=O) groups is 5. The molecule has 1 atom stereocenters. The number of amides is 5. The van der Waals surface area contributed by atoms with E-state index >= 15 is 0 Å². The molecule has 1 saturated heterocycles. The van der Waals surface area contributed by atoms with Crippen LogP contribution in [0.4, 0.5) is 4.79 Å². The van der Waals surface area contributed by atoms with Crippen molar-refractivity contribution in [3.63, 3.8) is 0 Å². The Bertz CT molecular complexity index is 677. The van der Waals surface area contributed by atoms with Gasteiger partial charge in [-0.05, 0) is 12.1 Å². The molecule has 0 spiro atoms. The molecular formula is C13H9N3O6. The number of nitrogens with zero attached hydrogens (tertiary/aromatic N) is 1. The van der Waals surface area contributed by atoms with Gasteiger partial charge in [-0.1, -0.05) is 17.2 Å². The minimum Gasteiger partial charge on any atom is -0.327 e. The van der Waals surface area contributed by atoms with Gasteiger partial charge < -0.3 is 10.2 Å². The lowest BCUT2D eigenvalue weighted by Gasteiger charge is -2.22. The molecule has 22 heavy (non-hydrogen) atoms. The van der Waals surface area contributed by atoms with Crippen LogP contribution in [0.3, 0.4) is 0 Å². The molecule has 9 heteroatoms. The molecule has 1 aromatic rings. The van der Waals surface area contributed by atoms with E-state index in [4.69, 9.17) is 4.84 Å². The summed E-state index contributed by atoms with van der Waals surface area (Å²) in [7, 11) is 0. The summed E-state index contributed by atoms with van der Waals surface area (Å²) in [4.78, 5) is 63.1. The molecule has 1 fully saturated rings. The van der Waals surface area contributed by atoms with Crippen molar-refractivity contribution in [1.29, 1.82) is 0 Å². The van der Waals surface area contributed by atoms with E-state index in [-0.39, 0.29) is 17.5 Å². The Morgan fingerprint density at radius 3 is 2.23 bits per heavy atom. The first-order valence-electron chi connectivity index (χ1n) is 6.27. The van der Waals surface area contributed by atoms with Crippen LogP contribution < -0.4 is 10.6 Å². The maximum absolute atomic E-state index is 12.0. The lowest BCUT2D eigenvalue weighted by atomic mass is 10.1. The average molecular weight is 303 g/mol. The standard InChI is InChI=1S/C13H9N3O6/c17-9-5-8(14-13(21)15-9)12(20)22-16-10(18)6-3-1-2-4-7(6)11(16)19/h1-4,8H,5H2,(H2,14,15,17,21)/t8-/m0/s1. The van der Waals surface area contributed by atoms with E-state index in [9.17, 15) is 24.0 Å². The van der Waals surface area contributed by atoms with Crippen molar-refractivity contribution in [3.05, 3.63) is 35.4 Å². The highest BCUT2D eigenvalue weighted by Gasteiger charge is 2.41. The van der Waals surface area contributed by atoms with Gasteiger partial charge in [-0.3, -0.25) is 19.7 Å². The van der Waals surface area contributed by atoms with Gasteiger partial charge in [0.25, 0.3) is 11.8 Å². The van der Waals surface area contributed by atoms with Gasteiger partial charge in [0.05, 0.1) is 17.5 Å². The van der Waals surface area contributed by atoms with Crippen LogP contribution >= 0.6 is 0 Å². The number of fused-ring (bicyclic) bond motifs is 1. The summed E-state index contributed by atoms with van der Waals surface area (Å²) < 4.78 is 0. The van der Waals surface area contributed by atoms with E-state index < -0.39 is 35.8 Å². The van der Waals surface area contributed by atoms with Crippen molar-refractivity contribution in [3.8, 4) is 0 Å². The highest BCUT2D eigenvalue weighted by Crippen LogP contribution is 2.23.